The van der Waals surface area contributed by atoms with E-state index in [2.05, 4.69) is 0 Å². The lowest BCUT2D eigenvalue weighted by Crippen LogP contribution is -2.07. The lowest BCUT2D eigenvalue weighted by molar-refractivity contribution is 0.103. The third-order valence-electron chi connectivity index (χ3n) is 3.06. The van der Waals surface area contributed by atoms with Crippen molar-refractivity contribution in [2.45, 2.75) is 13.8 Å². The van der Waals surface area contributed by atoms with Crippen LogP contribution in [0.1, 0.15) is 27.0 Å². The SMILES string of the molecule is Cc1ccc(C(=O)c2ccc(C)c(F)c2F)cc1N. The second-order valence-electron chi connectivity index (χ2n) is 4.46. The molecule has 0 spiro atoms. The zero-order valence-corrected chi connectivity index (χ0v) is 10.6. The minimum Gasteiger partial charge on any atom is -0.398 e. The summed E-state index contributed by atoms with van der Waals surface area (Å²) in [4.78, 5) is 12.1. The van der Waals surface area contributed by atoms with Crippen molar-refractivity contribution in [3.05, 3.63) is 64.2 Å². The highest BCUT2D eigenvalue weighted by Crippen LogP contribution is 2.21. The van der Waals surface area contributed by atoms with Crippen molar-refractivity contribution in [2.75, 3.05) is 5.73 Å². The van der Waals surface area contributed by atoms with Crippen LogP contribution in [-0.4, -0.2) is 5.78 Å². The van der Waals surface area contributed by atoms with Crippen molar-refractivity contribution in [2.24, 2.45) is 0 Å². The minimum absolute atomic E-state index is 0.164. The number of ketones is 1. The van der Waals surface area contributed by atoms with Gasteiger partial charge in [0.15, 0.2) is 17.4 Å². The highest BCUT2D eigenvalue weighted by atomic mass is 19.2. The number of rotatable bonds is 2. The first-order valence-electron chi connectivity index (χ1n) is 5.77. The number of nitrogens with two attached hydrogens (primary N) is 1. The van der Waals surface area contributed by atoms with Crippen molar-refractivity contribution in [3.8, 4) is 0 Å². The fourth-order valence-electron chi connectivity index (χ4n) is 1.76. The average Bonchev–Trinajstić information content (AvgIpc) is 2.39. The monoisotopic (exact) mass is 261 g/mol. The molecule has 0 bridgehead atoms. The topological polar surface area (TPSA) is 43.1 Å². The zero-order valence-electron chi connectivity index (χ0n) is 10.6. The summed E-state index contributed by atoms with van der Waals surface area (Å²) in [5, 5.41) is 0. The first-order chi connectivity index (χ1) is 8.91. The van der Waals surface area contributed by atoms with Crippen LogP contribution in [0.15, 0.2) is 30.3 Å². The van der Waals surface area contributed by atoms with Gasteiger partial charge < -0.3 is 5.73 Å². The first-order valence-corrected chi connectivity index (χ1v) is 5.77. The Balaban J connectivity index is 2.50. The van der Waals surface area contributed by atoms with Gasteiger partial charge in [-0.3, -0.25) is 4.79 Å². The van der Waals surface area contributed by atoms with Gasteiger partial charge in [0.05, 0.1) is 5.56 Å². The molecule has 2 aromatic carbocycles. The number of anilines is 1. The number of hydrogen-bond acceptors (Lipinski definition) is 2. The second kappa shape index (κ2) is 4.80. The van der Waals surface area contributed by atoms with Crippen LogP contribution in [0.25, 0.3) is 0 Å². The minimum atomic E-state index is -1.12. The van der Waals surface area contributed by atoms with E-state index in [1.807, 2.05) is 0 Å². The van der Waals surface area contributed by atoms with Gasteiger partial charge in [-0.05, 0) is 37.1 Å². The molecule has 0 atom stereocenters. The maximum Gasteiger partial charge on any atom is 0.196 e. The summed E-state index contributed by atoms with van der Waals surface area (Å²) in [5.74, 6) is -2.70. The normalized spacial score (nSPS) is 10.5. The summed E-state index contributed by atoms with van der Waals surface area (Å²) in [5.41, 5.74) is 7.10. The van der Waals surface area contributed by atoms with Crippen molar-refractivity contribution < 1.29 is 13.6 Å². The molecule has 2 rings (SSSR count). The number of carbonyl (C=O) groups is 1. The van der Waals surface area contributed by atoms with E-state index in [4.69, 9.17) is 5.73 Å². The number of benzene rings is 2. The van der Waals surface area contributed by atoms with E-state index in [-0.39, 0.29) is 16.7 Å². The van der Waals surface area contributed by atoms with E-state index >= 15 is 0 Å². The van der Waals surface area contributed by atoms with Crippen molar-refractivity contribution in [1.82, 2.24) is 0 Å². The molecule has 0 aromatic heterocycles. The van der Waals surface area contributed by atoms with E-state index in [1.165, 1.54) is 25.1 Å². The van der Waals surface area contributed by atoms with Gasteiger partial charge in [0.1, 0.15) is 0 Å². The highest BCUT2D eigenvalue weighted by molar-refractivity contribution is 6.09. The molecule has 0 amide bonds. The molecule has 0 aliphatic rings. The average molecular weight is 261 g/mol. The lowest BCUT2D eigenvalue weighted by Gasteiger charge is -2.07. The Morgan fingerprint density at radius 3 is 2.26 bits per heavy atom. The molecule has 2 nitrogen and oxygen atoms in total. The molecule has 2 aromatic rings. The van der Waals surface area contributed by atoms with Crippen LogP contribution in [0.4, 0.5) is 14.5 Å². The third kappa shape index (κ3) is 2.34. The van der Waals surface area contributed by atoms with Gasteiger partial charge >= 0.3 is 0 Å². The Morgan fingerprint density at radius 2 is 1.63 bits per heavy atom. The number of hydrogen-bond donors (Lipinski definition) is 1. The van der Waals surface area contributed by atoms with Gasteiger partial charge in [-0.1, -0.05) is 18.2 Å². The van der Waals surface area contributed by atoms with Gasteiger partial charge in [0, 0.05) is 11.3 Å². The predicted octanol–water partition coefficient (Wildman–Crippen LogP) is 3.39. The van der Waals surface area contributed by atoms with E-state index in [9.17, 15) is 13.6 Å². The lowest BCUT2D eigenvalue weighted by atomic mass is 9.99. The van der Waals surface area contributed by atoms with Crippen LogP contribution in [0.3, 0.4) is 0 Å². The number of nitrogen functional groups attached to an aromatic ring is 1. The largest absolute Gasteiger partial charge is 0.398 e. The van der Waals surface area contributed by atoms with E-state index in [0.717, 1.165) is 5.56 Å². The van der Waals surface area contributed by atoms with E-state index in [0.29, 0.717) is 5.69 Å². The molecule has 98 valence electrons. The standard InChI is InChI=1S/C15H13F2NO/c1-8-3-5-10(7-12(8)18)15(19)11-6-4-9(2)13(16)14(11)17/h3-7H,18H2,1-2H3. The molecule has 0 heterocycles. The van der Waals surface area contributed by atoms with Crippen LogP contribution in [0.2, 0.25) is 0 Å². The second-order valence-corrected chi connectivity index (χ2v) is 4.46. The van der Waals surface area contributed by atoms with Crippen LogP contribution in [0.5, 0.6) is 0 Å². The molecule has 0 saturated carbocycles. The Bertz CT molecular complexity index is 665. The number of halogens is 2. The molecule has 2 N–H and O–H groups in total. The molecule has 4 heteroatoms. The van der Waals surface area contributed by atoms with Crippen molar-refractivity contribution >= 4 is 11.5 Å². The summed E-state index contributed by atoms with van der Waals surface area (Å²) < 4.78 is 27.2. The van der Waals surface area contributed by atoms with Gasteiger partial charge in [0.2, 0.25) is 0 Å². The molecule has 19 heavy (non-hydrogen) atoms. The van der Waals surface area contributed by atoms with Gasteiger partial charge in [-0.25, -0.2) is 8.78 Å². The molecule has 0 unspecified atom stereocenters. The van der Waals surface area contributed by atoms with Crippen molar-refractivity contribution in [3.63, 3.8) is 0 Å². The third-order valence-corrected chi connectivity index (χ3v) is 3.06. The summed E-state index contributed by atoms with van der Waals surface area (Å²) in [7, 11) is 0. The highest BCUT2D eigenvalue weighted by Gasteiger charge is 2.18. The molecule has 0 aliphatic heterocycles. The fourth-order valence-corrected chi connectivity index (χ4v) is 1.76. The smallest absolute Gasteiger partial charge is 0.196 e. The quantitative estimate of drug-likeness (QED) is 0.665. The van der Waals surface area contributed by atoms with Gasteiger partial charge in [-0.2, -0.15) is 0 Å². The molecule has 0 aliphatic carbocycles. The molecular weight excluding hydrogens is 248 g/mol. The Labute approximate surface area is 109 Å². The maximum atomic E-state index is 13.8. The first kappa shape index (κ1) is 13.2. The Hall–Kier alpha value is -2.23. The van der Waals surface area contributed by atoms with Gasteiger partial charge in [-0.15, -0.1) is 0 Å². The fraction of sp³-hybridized carbons (Fsp3) is 0.133. The summed E-state index contributed by atoms with van der Waals surface area (Å²) >= 11 is 0. The molecule has 0 saturated heterocycles. The molecule has 0 radical (unpaired) electrons. The Kier molecular flexibility index (Phi) is 3.34. The molecule has 0 fully saturated rings. The maximum absolute atomic E-state index is 13.8. The zero-order chi connectivity index (χ0) is 14.2. The Morgan fingerprint density at radius 1 is 1.00 bits per heavy atom. The summed E-state index contributed by atoms with van der Waals surface area (Å²) in [6, 6.07) is 7.35. The summed E-state index contributed by atoms with van der Waals surface area (Å²) in [6.45, 7) is 3.24. The number of aryl methyl sites for hydroxylation is 2. The summed E-state index contributed by atoms with van der Waals surface area (Å²) in [6.07, 6.45) is 0. The van der Waals surface area contributed by atoms with Crippen LogP contribution >= 0.6 is 0 Å². The molecular formula is C15H13F2NO. The van der Waals surface area contributed by atoms with E-state index in [1.54, 1.807) is 19.1 Å². The van der Waals surface area contributed by atoms with Crippen LogP contribution in [0, 0.1) is 25.5 Å². The van der Waals surface area contributed by atoms with E-state index < -0.39 is 17.4 Å². The predicted molar refractivity (Wildman–Crippen MR) is 70.1 cm³/mol. The number of carbonyl (C=O) groups excluding carboxylic acids is 1. The van der Waals surface area contributed by atoms with Crippen LogP contribution in [-0.2, 0) is 0 Å². The van der Waals surface area contributed by atoms with Gasteiger partial charge in [0.25, 0.3) is 0 Å². The van der Waals surface area contributed by atoms with Crippen LogP contribution < -0.4 is 5.73 Å². The van der Waals surface area contributed by atoms with Crippen molar-refractivity contribution in [1.29, 1.82) is 0 Å².